The van der Waals surface area contributed by atoms with Gasteiger partial charge in [-0.2, -0.15) is 15.0 Å². The zero-order valence-electron chi connectivity index (χ0n) is 12.7. The Hall–Kier alpha value is -1.63. The van der Waals surface area contributed by atoms with Gasteiger partial charge in [0.05, 0.1) is 0 Å². The average Bonchev–Trinajstić information content (AvgIpc) is 2.92. The van der Waals surface area contributed by atoms with E-state index in [1.807, 2.05) is 6.92 Å². The molecule has 1 saturated heterocycles. The molecule has 20 heavy (non-hydrogen) atoms. The molecule has 0 saturated carbocycles. The van der Waals surface area contributed by atoms with E-state index in [0.717, 1.165) is 38.7 Å². The molecular formula is C13H25N7. The molecule has 1 aliphatic heterocycles. The van der Waals surface area contributed by atoms with Crippen molar-refractivity contribution in [2.24, 2.45) is 0 Å². The summed E-state index contributed by atoms with van der Waals surface area (Å²) in [7, 11) is 4.10. The Labute approximate surface area is 120 Å². The first kappa shape index (κ1) is 14.8. The minimum atomic E-state index is 0.650. The maximum absolute atomic E-state index is 4.53. The number of likely N-dealkylation sites (N-methyl/N-ethyl adjacent to an activating group) is 1. The summed E-state index contributed by atoms with van der Waals surface area (Å²) in [6.07, 6.45) is 2.43. The number of hydrogen-bond acceptors (Lipinski definition) is 7. The second-order valence-electron chi connectivity index (χ2n) is 5.24. The van der Waals surface area contributed by atoms with Gasteiger partial charge in [0, 0.05) is 32.7 Å². The van der Waals surface area contributed by atoms with E-state index in [1.54, 1.807) is 0 Å². The predicted molar refractivity (Wildman–Crippen MR) is 82.5 cm³/mol. The first-order valence-electron chi connectivity index (χ1n) is 7.32. The number of nitrogens with zero attached hydrogens (tertiary/aromatic N) is 5. The molecule has 2 heterocycles. The second kappa shape index (κ2) is 7.23. The number of hydrogen-bond donors (Lipinski definition) is 2. The predicted octanol–water partition coefficient (Wildman–Crippen LogP) is 0.877. The van der Waals surface area contributed by atoms with Gasteiger partial charge in [0.25, 0.3) is 0 Å². The van der Waals surface area contributed by atoms with Crippen molar-refractivity contribution in [3.8, 4) is 0 Å². The highest BCUT2D eigenvalue weighted by molar-refractivity contribution is 5.44. The van der Waals surface area contributed by atoms with Crippen LogP contribution in [0.1, 0.15) is 19.8 Å². The lowest BCUT2D eigenvalue weighted by Crippen LogP contribution is -2.24. The highest BCUT2D eigenvalue weighted by Gasteiger charge is 2.17. The molecule has 0 atom stereocenters. The molecule has 0 amide bonds. The quantitative estimate of drug-likeness (QED) is 0.767. The third-order valence-electron chi connectivity index (χ3n) is 3.19. The Balaban J connectivity index is 2.08. The molecule has 7 nitrogen and oxygen atoms in total. The van der Waals surface area contributed by atoms with E-state index < -0.39 is 0 Å². The van der Waals surface area contributed by atoms with Crippen molar-refractivity contribution >= 4 is 17.8 Å². The van der Waals surface area contributed by atoms with Crippen LogP contribution in [0.4, 0.5) is 17.8 Å². The van der Waals surface area contributed by atoms with E-state index in [4.69, 9.17) is 0 Å². The van der Waals surface area contributed by atoms with Gasteiger partial charge < -0.3 is 20.4 Å². The molecular weight excluding hydrogens is 254 g/mol. The molecule has 0 spiro atoms. The largest absolute Gasteiger partial charge is 0.354 e. The highest BCUT2D eigenvalue weighted by atomic mass is 15.3. The Morgan fingerprint density at radius 2 is 1.70 bits per heavy atom. The Morgan fingerprint density at radius 3 is 2.30 bits per heavy atom. The molecule has 0 unspecified atom stereocenters. The lowest BCUT2D eigenvalue weighted by Gasteiger charge is -2.17. The molecule has 1 aromatic rings. The summed E-state index contributed by atoms with van der Waals surface area (Å²) >= 11 is 0. The fourth-order valence-electron chi connectivity index (χ4n) is 2.13. The maximum Gasteiger partial charge on any atom is 0.231 e. The van der Waals surface area contributed by atoms with E-state index >= 15 is 0 Å². The Kier molecular flexibility index (Phi) is 5.34. The van der Waals surface area contributed by atoms with Crippen LogP contribution in [-0.2, 0) is 0 Å². The van der Waals surface area contributed by atoms with E-state index in [-0.39, 0.29) is 0 Å². The summed E-state index contributed by atoms with van der Waals surface area (Å²) in [6.45, 7) is 6.68. The minimum absolute atomic E-state index is 0.650. The van der Waals surface area contributed by atoms with Crippen molar-refractivity contribution in [1.29, 1.82) is 0 Å². The van der Waals surface area contributed by atoms with Crippen molar-refractivity contribution in [2.45, 2.75) is 19.8 Å². The minimum Gasteiger partial charge on any atom is -0.354 e. The summed E-state index contributed by atoms with van der Waals surface area (Å²) in [5, 5.41) is 6.44. The molecule has 2 N–H and O–H groups in total. The van der Waals surface area contributed by atoms with Gasteiger partial charge in [-0.3, -0.25) is 0 Å². The lowest BCUT2D eigenvalue weighted by atomic mass is 10.4. The third-order valence-corrected chi connectivity index (χ3v) is 3.19. The van der Waals surface area contributed by atoms with Crippen molar-refractivity contribution in [3.05, 3.63) is 0 Å². The number of nitrogens with one attached hydrogen (secondary N) is 2. The molecule has 7 heteroatoms. The van der Waals surface area contributed by atoms with E-state index in [9.17, 15) is 0 Å². The van der Waals surface area contributed by atoms with Crippen molar-refractivity contribution in [2.75, 3.05) is 62.4 Å². The van der Waals surface area contributed by atoms with Crippen LogP contribution >= 0.6 is 0 Å². The van der Waals surface area contributed by atoms with Crippen LogP contribution in [0.3, 0.4) is 0 Å². The topological polar surface area (TPSA) is 69.2 Å². The summed E-state index contributed by atoms with van der Waals surface area (Å²) < 4.78 is 0. The molecule has 0 bridgehead atoms. The SMILES string of the molecule is CCNc1nc(NCCN(C)C)nc(N2CCCC2)n1. The molecule has 0 aliphatic carbocycles. The summed E-state index contributed by atoms with van der Waals surface area (Å²) in [6, 6.07) is 0. The third kappa shape index (κ3) is 4.19. The molecule has 2 rings (SSSR count). The first-order valence-corrected chi connectivity index (χ1v) is 7.32. The number of anilines is 3. The van der Waals surface area contributed by atoms with Crippen LogP contribution in [0.15, 0.2) is 0 Å². The van der Waals surface area contributed by atoms with Crippen LogP contribution in [0.2, 0.25) is 0 Å². The highest BCUT2D eigenvalue weighted by Crippen LogP contribution is 2.18. The van der Waals surface area contributed by atoms with Crippen molar-refractivity contribution in [1.82, 2.24) is 19.9 Å². The normalized spacial score (nSPS) is 14.9. The van der Waals surface area contributed by atoms with E-state index in [2.05, 4.69) is 49.5 Å². The van der Waals surface area contributed by atoms with Gasteiger partial charge >= 0.3 is 0 Å². The van der Waals surface area contributed by atoms with Crippen LogP contribution in [0.5, 0.6) is 0 Å². The van der Waals surface area contributed by atoms with Crippen molar-refractivity contribution < 1.29 is 0 Å². The van der Waals surface area contributed by atoms with Gasteiger partial charge in [-0.05, 0) is 33.9 Å². The first-order chi connectivity index (χ1) is 9.69. The lowest BCUT2D eigenvalue weighted by molar-refractivity contribution is 0.425. The Bertz CT molecular complexity index is 415. The molecule has 0 radical (unpaired) electrons. The standard InChI is InChI=1S/C13H25N7/c1-4-14-11-16-12(15-7-10-19(2)3)18-13(17-11)20-8-5-6-9-20/h4-10H2,1-3H3,(H2,14,15,16,17,18). The average molecular weight is 279 g/mol. The summed E-state index contributed by atoms with van der Waals surface area (Å²) in [5.74, 6) is 2.08. The smallest absolute Gasteiger partial charge is 0.231 e. The van der Waals surface area contributed by atoms with E-state index in [1.165, 1.54) is 12.8 Å². The van der Waals surface area contributed by atoms with Gasteiger partial charge in [0.1, 0.15) is 0 Å². The summed E-state index contributed by atoms with van der Waals surface area (Å²) in [5.41, 5.74) is 0. The molecule has 112 valence electrons. The zero-order chi connectivity index (χ0) is 14.4. The van der Waals surface area contributed by atoms with Gasteiger partial charge in [-0.25, -0.2) is 0 Å². The van der Waals surface area contributed by atoms with Crippen LogP contribution < -0.4 is 15.5 Å². The van der Waals surface area contributed by atoms with Crippen LogP contribution in [-0.4, -0.2) is 66.7 Å². The molecule has 1 fully saturated rings. The number of rotatable bonds is 7. The maximum atomic E-state index is 4.53. The molecule has 0 aromatic carbocycles. The van der Waals surface area contributed by atoms with Crippen LogP contribution in [0.25, 0.3) is 0 Å². The van der Waals surface area contributed by atoms with Gasteiger partial charge in [-0.15, -0.1) is 0 Å². The van der Waals surface area contributed by atoms with Crippen molar-refractivity contribution in [3.63, 3.8) is 0 Å². The molecule has 1 aliphatic rings. The fraction of sp³-hybridized carbons (Fsp3) is 0.769. The van der Waals surface area contributed by atoms with Gasteiger partial charge in [-0.1, -0.05) is 0 Å². The monoisotopic (exact) mass is 279 g/mol. The second-order valence-corrected chi connectivity index (χ2v) is 5.24. The van der Waals surface area contributed by atoms with E-state index in [0.29, 0.717) is 11.9 Å². The van der Waals surface area contributed by atoms with Crippen LogP contribution in [0, 0.1) is 0 Å². The molecule has 1 aromatic heterocycles. The fourth-order valence-corrected chi connectivity index (χ4v) is 2.13. The summed E-state index contributed by atoms with van der Waals surface area (Å²) in [4.78, 5) is 17.8. The zero-order valence-corrected chi connectivity index (χ0v) is 12.7. The Morgan fingerprint density at radius 1 is 1.05 bits per heavy atom. The van der Waals surface area contributed by atoms with Gasteiger partial charge in [0.15, 0.2) is 0 Å². The number of aromatic nitrogens is 3. The van der Waals surface area contributed by atoms with Gasteiger partial charge in [0.2, 0.25) is 17.8 Å².